The van der Waals surface area contributed by atoms with Gasteiger partial charge in [-0.1, -0.05) is 25.1 Å². The molecule has 2 rings (SSSR count). The van der Waals surface area contributed by atoms with Crippen molar-refractivity contribution in [2.45, 2.75) is 31.8 Å². The maximum absolute atomic E-state index is 9.97. The van der Waals surface area contributed by atoms with E-state index >= 15 is 0 Å². The standard InChI is InChI=1S/C13H19NO/c1-3-9-4-5-11-10(8-14-2)7-13(15)12(11)6-9/h4-6,10,13-15H,3,7-8H2,1-2H3. The summed E-state index contributed by atoms with van der Waals surface area (Å²) in [5.41, 5.74) is 3.79. The molecule has 0 aromatic heterocycles. The van der Waals surface area contributed by atoms with Crippen LogP contribution in [0, 0.1) is 0 Å². The summed E-state index contributed by atoms with van der Waals surface area (Å²) in [4.78, 5) is 0. The second-order valence-corrected chi connectivity index (χ2v) is 4.32. The fourth-order valence-corrected chi connectivity index (χ4v) is 2.47. The van der Waals surface area contributed by atoms with Crippen molar-refractivity contribution in [1.29, 1.82) is 0 Å². The van der Waals surface area contributed by atoms with Gasteiger partial charge in [-0.3, -0.25) is 0 Å². The fourth-order valence-electron chi connectivity index (χ4n) is 2.47. The lowest BCUT2D eigenvalue weighted by molar-refractivity contribution is 0.173. The third kappa shape index (κ3) is 1.92. The predicted molar refractivity (Wildman–Crippen MR) is 62.1 cm³/mol. The number of nitrogens with one attached hydrogen (secondary N) is 1. The van der Waals surface area contributed by atoms with E-state index in [-0.39, 0.29) is 6.10 Å². The van der Waals surface area contributed by atoms with Crippen molar-refractivity contribution in [2.24, 2.45) is 0 Å². The molecule has 1 aliphatic carbocycles. The van der Waals surface area contributed by atoms with Gasteiger partial charge in [0.2, 0.25) is 0 Å². The van der Waals surface area contributed by atoms with Crippen molar-refractivity contribution in [2.75, 3.05) is 13.6 Å². The molecule has 0 saturated carbocycles. The van der Waals surface area contributed by atoms with Crippen LogP contribution in [-0.4, -0.2) is 18.7 Å². The summed E-state index contributed by atoms with van der Waals surface area (Å²) >= 11 is 0. The number of aliphatic hydroxyl groups excluding tert-OH is 1. The minimum absolute atomic E-state index is 0.259. The topological polar surface area (TPSA) is 32.3 Å². The van der Waals surface area contributed by atoms with E-state index in [1.54, 1.807) is 0 Å². The van der Waals surface area contributed by atoms with E-state index in [1.165, 1.54) is 11.1 Å². The third-order valence-corrected chi connectivity index (χ3v) is 3.32. The monoisotopic (exact) mass is 205 g/mol. The summed E-state index contributed by atoms with van der Waals surface area (Å²) in [6, 6.07) is 6.53. The predicted octanol–water partition coefficient (Wildman–Crippen LogP) is 1.99. The lowest BCUT2D eigenvalue weighted by atomic mass is 9.99. The number of hydrogen-bond donors (Lipinski definition) is 2. The zero-order chi connectivity index (χ0) is 10.8. The average molecular weight is 205 g/mol. The van der Waals surface area contributed by atoms with Gasteiger partial charge in [0.25, 0.3) is 0 Å². The molecule has 0 fully saturated rings. The van der Waals surface area contributed by atoms with E-state index in [9.17, 15) is 5.11 Å². The summed E-state index contributed by atoms with van der Waals surface area (Å²) in [6.45, 7) is 3.10. The molecule has 0 spiro atoms. The van der Waals surface area contributed by atoms with Crippen LogP contribution in [0.1, 0.15) is 42.1 Å². The first-order valence-electron chi connectivity index (χ1n) is 5.71. The van der Waals surface area contributed by atoms with Crippen molar-refractivity contribution in [3.8, 4) is 0 Å². The van der Waals surface area contributed by atoms with Crippen LogP contribution < -0.4 is 5.32 Å². The van der Waals surface area contributed by atoms with E-state index < -0.39 is 0 Å². The van der Waals surface area contributed by atoms with Crippen LogP contribution in [0.3, 0.4) is 0 Å². The van der Waals surface area contributed by atoms with Gasteiger partial charge in [-0.25, -0.2) is 0 Å². The van der Waals surface area contributed by atoms with Gasteiger partial charge in [0.1, 0.15) is 0 Å². The number of hydrogen-bond acceptors (Lipinski definition) is 2. The lowest BCUT2D eigenvalue weighted by Gasteiger charge is -2.10. The Morgan fingerprint density at radius 1 is 1.40 bits per heavy atom. The molecule has 0 radical (unpaired) electrons. The Morgan fingerprint density at radius 2 is 2.20 bits per heavy atom. The van der Waals surface area contributed by atoms with Crippen LogP contribution in [0.15, 0.2) is 18.2 Å². The molecule has 1 aromatic rings. The normalized spacial score (nSPS) is 24.2. The highest BCUT2D eigenvalue weighted by atomic mass is 16.3. The van der Waals surface area contributed by atoms with Crippen LogP contribution in [-0.2, 0) is 6.42 Å². The smallest absolute Gasteiger partial charge is 0.0799 e. The van der Waals surface area contributed by atoms with Crippen LogP contribution in [0.5, 0.6) is 0 Å². The molecule has 2 atom stereocenters. The maximum atomic E-state index is 9.97. The highest BCUT2D eigenvalue weighted by Gasteiger charge is 2.28. The Labute approximate surface area is 91.3 Å². The Hall–Kier alpha value is -0.860. The molecule has 15 heavy (non-hydrogen) atoms. The Bertz CT molecular complexity index is 348. The van der Waals surface area contributed by atoms with Crippen molar-refractivity contribution >= 4 is 0 Å². The molecule has 0 saturated heterocycles. The maximum Gasteiger partial charge on any atom is 0.0799 e. The second-order valence-electron chi connectivity index (χ2n) is 4.32. The molecule has 2 unspecified atom stereocenters. The summed E-state index contributed by atoms with van der Waals surface area (Å²) in [6.07, 6.45) is 1.64. The van der Waals surface area contributed by atoms with Gasteiger partial charge in [0.15, 0.2) is 0 Å². The molecule has 2 heteroatoms. The number of fused-ring (bicyclic) bond motifs is 1. The Balaban J connectivity index is 2.32. The van der Waals surface area contributed by atoms with Gasteiger partial charge in [-0.2, -0.15) is 0 Å². The number of aryl methyl sites for hydroxylation is 1. The largest absolute Gasteiger partial charge is 0.388 e. The molecule has 0 heterocycles. The van der Waals surface area contributed by atoms with Gasteiger partial charge < -0.3 is 10.4 Å². The molecular formula is C13H19NO. The van der Waals surface area contributed by atoms with Gasteiger partial charge in [-0.05, 0) is 42.5 Å². The van der Waals surface area contributed by atoms with Crippen LogP contribution in [0.2, 0.25) is 0 Å². The highest BCUT2D eigenvalue weighted by molar-refractivity contribution is 5.40. The highest BCUT2D eigenvalue weighted by Crippen LogP contribution is 2.40. The minimum Gasteiger partial charge on any atom is -0.388 e. The average Bonchev–Trinajstić information content (AvgIpc) is 2.56. The van der Waals surface area contributed by atoms with E-state index in [0.717, 1.165) is 24.9 Å². The van der Waals surface area contributed by atoms with Gasteiger partial charge in [0.05, 0.1) is 6.10 Å². The molecule has 0 bridgehead atoms. The molecule has 0 aliphatic heterocycles. The molecule has 82 valence electrons. The third-order valence-electron chi connectivity index (χ3n) is 3.32. The summed E-state index contributed by atoms with van der Waals surface area (Å²) in [5.74, 6) is 0.478. The van der Waals surface area contributed by atoms with Crippen molar-refractivity contribution in [1.82, 2.24) is 5.32 Å². The van der Waals surface area contributed by atoms with Crippen molar-refractivity contribution in [3.63, 3.8) is 0 Å². The summed E-state index contributed by atoms with van der Waals surface area (Å²) in [7, 11) is 1.96. The van der Waals surface area contributed by atoms with Gasteiger partial charge >= 0.3 is 0 Å². The van der Waals surface area contributed by atoms with Crippen LogP contribution >= 0.6 is 0 Å². The van der Waals surface area contributed by atoms with E-state index in [4.69, 9.17) is 0 Å². The zero-order valence-corrected chi connectivity index (χ0v) is 9.46. The quantitative estimate of drug-likeness (QED) is 0.791. The molecule has 2 nitrogen and oxygen atoms in total. The fraction of sp³-hybridized carbons (Fsp3) is 0.538. The van der Waals surface area contributed by atoms with Crippen LogP contribution in [0.25, 0.3) is 0 Å². The van der Waals surface area contributed by atoms with E-state index in [0.29, 0.717) is 5.92 Å². The van der Waals surface area contributed by atoms with Gasteiger partial charge in [0, 0.05) is 6.54 Å². The van der Waals surface area contributed by atoms with E-state index in [1.807, 2.05) is 7.05 Å². The first kappa shape index (κ1) is 10.7. The lowest BCUT2D eigenvalue weighted by Crippen LogP contribution is -2.15. The molecule has 0 amide bonds. The molecule has 2 N–H and O–H groups in total. The summed E-state index contributed by atoms with van der Waals surface area (Å²) in [5, 5.41) is 13.2. The Morgan fingerprint density at radius 3 is 2.87 bits per heavy atom. The molecular weight excluding hydrogens is 186 g/mol. The first-order valence-corrected chi connectivity index (χ1v) is 5.71. The Kier molecular flexibility index (Phi) is 3.08. The first-order chi connectivity index (χ1) is 7.26. The summed E-state index contributed by atoms with van der Waals surface area (Å²) < 4.78 is 0. The van der Waals surface area contributed by atoms with Crippen molar-refractivity contribution in [3.05, 3.63) is 34.9 Å². The molecule has 1 aliphatic rings. The number of likely N-dealkylation sites (N-methyl/N-ethyl adjacent to an activating group) is 1. The van der Waals surface area contributed by atoms with E-state index in [2.05, 4.69) is 30.4 Å². The number of aliphatic hydroxyl groups is 1. The van der Waals surface area contributed by atoms with Gasteiger partial charge in [-0.15, -0.1) is 0 Å². The number of benzene rings is 1. The second kappa shape index (κ2) is 4.33. The number of rotatable bonds is 3. The SMILES string of the molecule is CCc1ccc2c(c1)C(O)CC2CNC. The van der Waals surface area contributed by atoms with Crippen molar-refractivity contribution < 1.29 is 5.11 Å². The molecule has 1 aromatic carbocycles. The zero-order valence-electron chi connectivity index (χ0n) is 9.46. The minimum atomic E-state index is -0.259. The van der Waals surface area contributed by atoms with Crippen LogP contribution in [0.4, 0.5) is 0 Å².